The molecule has 2 heterocycles. The molecule has 3 aromatic rings. The van der Waals surface area contributed by atoms with Gasteiger partial charge >= 0.3 is 14.2 Å². The van der Waals surface area contributed by atoms with Crippen LogP contribution in [0.25, 0.3) is 10.8 Å². The number of hydrogen-bond acceptors (Lipinski definition) is 4. The van der Waals surface area contributed by atoms with Gasteiger partial charge in [-0.05, 0) is 104 Å². The van der Waals surface area contributed by atoms with E-state index in [2.05, 4.69) is 99.6 Å². The molecule has 0 saturated carbocycles. The second-order valence-corrected chi connectivity index (χ2v) is 15.3. The van der Waals surface area contributed by atoms with Crippen molar-refractivity contribution < 1.29 is 23.0 Å². The zero-order valence-corrected chi connectivity index (χ0v) is 27.6. The zero-order chi connectivity index (χ0) is 31.0. The Morgan fingerprint density at radius 3 is 1.98 bits per heavy atom. The molecule has 2 saturated heterocycles. The molecule has 1 atom stereocenters. The smallest absolute Gasteiger partial charge is 0.399 e. The van der Waals surface area contributed by atoms with Gasteiger partial charge in [-0.25, -0.2) is 4.39 Å². The first-order valence-electron chi connectivity index (χ1n) is 15.3. The van der Waals surface area contributed by atoms with E-state index in [1.165, 1.54) is 22.6 Å². The molecule has 0 N–H and O–H groups in total. The lowest BCUT2D eigenvalue weighted by molar-refractivity contribution is -0.00875. The summed E-state index contributed by atoms with van der Waals surface area (Å²) in [5, 5.41) is 2.37. The number of benzene rings is 3. The summed E-state index contributed by atoms with van der Waals surface area (Å²) >= 11 is 0. The van der Waals surface area contributed by atoms with E-state index in [1.807, 2.05) is 19.9 Å². The van der Waals surface area contributed by atoms with Crippen molar-refractivity contribution in [3.63, 3.8) is 0 Å². The van der Waals surface area contributed by atoms with E-state index in [-0.39, 0.29) is 17.2 Å². The monoisotopic (exact) mass is 572 g/mol. The summed E-state index contributed by atoms with van der Waals surface area (Å²) in [6, 6.07) is 16.3. The van der Waals surface area contributed by atoms with Gasteiger partial charge in [-0.15, -0.1) is 0 Å². The van der Waals surface area contributed by atoms with Crippen molar-refractivity contribution in [2.75, 3.05) is 0 Å². The number of hydrogen-bond donors (Lipinski definition) is 0. The fraction of sp³-hybridized carbons (Fsp3) is 0.543. The van der Waals surface area contributed by atoms with Gasteiger partial charge in [0.05, 0.1) is 22.4 Å². The minimum atomic E-state index is -0.633. The molecule has 7 heteroatoms. The lowest BCUT2D eigenvalue weighted by atomic mass is 9.73. The molecule has 42 heavy (non-hydrogen) atoms. The highest BCUT2D eigenvalue weighted by Crippen LogP contribution is 2.42. The third-order valence-corrected chi connectivity index (χ3v) is 9.88. The van der Waals surface area contributed by atoms with Crippen LogP contribution >= 0.6 is 0 Å². The lowest BCUT2D eigenvalue weighted by Gasteiger charge is -2.36. The molecule has 0 aliphatic carbocycles. The van der Waals surface area contributed by atoms with Gasteiger partial charge in [0, 0.05) is 6.42 Å². The number of fused-ring (bicyclic) bond motifs is 1. The van der Waals surface area contributed by atoms with Crippen LogP contribution in [0.5, 0.6) is 0 Å². The van der Waals surface area contributed by atoms with Crippen LogP contribution in [0.2, 0.25) is 0 Å². The van der Waals surface area contributed by atoms with E-state index in [9.17, 15) is 4.39 Å². The zero-order valence-electron chi connectivity index (χ0n) is 27.6. The van der Waals surface area contributed by atoms with Crippen molar-refractivity contribution in [2.45, 2.75) is 123 Å². The average molecular weight is 572 g/mol. The van der Waals surface area contributed by atoms with Gasteiger partial charge in [0.2, 0.25) is 0 Å². The predicted molar refractivity (Wildman–Crippen MR) is 173 cm³/mol. The SMILES string of the molecule is CC(C)c1c(F)cccc1B1OC(C)(C)C(C)(Cc2ccc3cc(B4OC(C)(C)C(C)(C)O4)cc(C(C)(C)C)c3c2)O1. The van der Waals surface area contributed by atoms with E-state index < -0.39 is 36.6 Å². The number of rotatable bonds is 5. The summed E-state index contributed by atoms with van der Waals surface area (Å²) in [6.07, 6.45) is 0.654. The lowest BCUT2D eigenvalue weighted by Crippen LogP contribution is -2.46. The summed E-state index contributed by atoms with van der Waals surface area (Å²) in [6.45, 7) is 25.3. The summed E-state index contributed by atoms with van der Waals surface area (Å²) in [7, 11) is -1.05. The fourth-order valence-electron chi connectivity index (χ4n) is 6.21. The molecule has 1 unspecified atom stereocenters. The first-order valence-corrected chi connectivity index (χ1v) is 15.3. The van der Waals surface area contributed by atoms with Gasteiger partial charge in [-0.3, -0.25) is 0 Å². The van der Waals surface area contributed by atoms with Crippen molar-refractivity contribution in [3.8, 4) is 0 Å². The van der Waals surface area contributed by atoms with E-state index in [1.54, 1.807) is 6.07 Å². The molecule has 0 aromatic heterocycles. The van der Waals surface area contributed by atoms with E-state index in [0.717, 1.165) is 16.3 Å². The van der Waals surface area contributed by atoms with E-state index >= 15 is 0 Å². The molecule has 224 valence electrons. The van der Waals surface area contributed by atoms with Gasteiger partial charge < -0.3 is 18.6 Å². The van der Waals surface area contributed by atoms with Crippen molar-refractivity contribution in [3.05, 3.63) is 71.0 Å². The van der Waals surface area contributed by atoms with Gasteiger partial charge in [0.1, 0.15) is 5.82 Å². The van der Waals surface area contributed by atoms with E-state index in [4.69, 9.17) is 18.6 Å². The Labute approximate surface area is 252 Å². The second-order valence-electron chi connectivity index (χ2n) is 15.3. The van der Waals surface area contributed by atoms with Crippen LogP contribution in [-0.2, 0) is 30.5 Å². The fourth-order valence-corrected chi connectivity index (χ4v) is 6.21. The Morgan fingerprint density at radius 1 is 0.762 bits per heavy atom. The van der Waals surface area contributed by atoms with Gasteiger partial charge in [-0.1, -0.05) is 77.1 Å². The molecule has 0 bridgehead atoms. The standard InChI is InChI=1S/C35H47B2FO4/c1-22(2)30-28(14-13-15-29(30)38)37-41-34(10,11)35(12,42-37)21-23-16-17-24-19-25(20-27(26(24)18-23)31(3,4)5)36-39-32(6,7)33(8,9)40-36/h13-20,22H,21H2,1-12H3. The first kappa shape index (κ1) is 31.3. The third kappa shape index (κ3) is 5.36. The molecule has 0 radical (unpaired) electrons. The van der Waals surface area contributed by atoms with Gasteiger partial charge in [0.25, 0.3) is 0 Å². The molecule has 0 amide bonds. The Bertz CT molecular complexity index is 1490. The summed E-state index contributed by atoms with van der Waals surface area (Å²) < 4.78 is 40.9. The highest BCUT2D eigenvalue weighted by atomic mass is 19.1. The molecule has 2 aliphatic rings. The van der Waals surface area contributed by atoms with Crippen LogP contribution in [0.4, 0.5) is 4.39 Å². The average Bonchev–Trinajstić information content (AvgIpc) is 3.22. The molecule has 0 spiro atoms. The van der Waals surface area contributed by atoms with Gasteiger partial charge in [-0.2, -0.15) is 0 Å². The molecule has 2 aliphatic heterocycles. The molecule has 3 aromatic carbocycles. The van der Waals surface area contributed by atoms with E-state index in [0.29, 0.717) is 12.0 Å². The Balaban J connectivity index is 1.50. The van der Waals surface area contributed by atoms with Gasteiger partial charge in [0.15, 0.2) is 0 Å². The maximum Gasteiger partial charge on any atom is 0.495 e. The van der Waals surface area contributed by atoms with Crippen LogP contribution in [-0.4, -0.2) is 36.6 Å². The predicted octanol–water partition coefficient (Wildman–Crippen LogP) is 7.22. The van der Waals surface area contributed by atoms with Crippen molar-refractivity contribution in [1.82, 2.24) is 0 Å². The van der Waals surface area contributed by atoms with Crippen molar-refractivity contribution in [1.29, 1.82) is 0 Å². The highest BCUT2D eigenvalue weighted by molar-refractivity contribution is 6.63. The maximum absolute atomic E-state index is 14.8. The summed E-state index contributed by atoms with van der Waals surface area (Å²) in [4.78, 5) is 0. The van der Waals surface area contributed by atoms with Crippen molar-refractivity contribution >= 4 is 35.9 Å². The third-order valence-electron chi connectivity index (χ3n) is 9.88. The highest BCUT2D eigenvalue weighted by Gasteiger charge is 2.55. The minimum Gasteiger partial charge on any atom is -0.399 e. The molecule has 5 rings (SSSR count). The van der Waals surface area contributed by atoms with Crippen LogP contribution in [0.3, 0.4) is 0 Å². The second kappa shape index (κ2) is 10.2. The topological polar surface area (TPSA) is 36.9 Å². The molecular weight excluding hydrogens is 525 g/mol. The molecule has 4 nitrogen and oxygen atoms in total. The first-order chi connectivity index (χ1) is 19.2. The Morgan fingerprint density at radius 2 is 1.38 bits per heavy atom. The van der Waals surface area contributed by atoms with Crippen LogP contribution in [0.15, 0.2) is 48.5 Å². The number of halogens is 1. The molecular formula is C35H47B2FO4. The summed E-state index contributed by atoms with van der Waals surface area (Å²) in [5.41, 5.74) is 2.76. The van der Waals surface area contributed by atoms with Crippen LogP contribution < -0.4 is 10.9 Å². The quantitative estimate of drug-likeness (QED) is 0.303. The normalized spacial score (nSPS) is 23.4. The largest absolute Gasteiger partial charge is 0.495 e. The van der Waals surface area contributed by atoms with Crippen LogP contribution in [0, 0.1) is 5.82 Å². The van der Waals surface area contributed by atoms with Crippen molar-refractivity contribution in [2.24, 2.45) is 0 Å². The Hall–Kier alpha value is -2.18. The minimum absolute atomic E-state index is 0.0155. The van der Waals surface area contributed by atoms with Crippen LogP contribution in [0.1, 0.15) is 106 Å². The Kier molecular flexibility index (Phi) is 7.58. The maximum atomic E-state index is 14.8. The molecule has 2 fully saturated rings. The summed E-state index contributed by atoms with van der Waals surface area (Å²) in [5.74, 6) is -0.202.